The van der Waals surface area contributed by atoms with Gasteiger partial charge in [0.05, 0.1) is 17.2 Å². The fourth-order valence-corrected chi connectivity index (χ4v) is 2.49. The minimum Gasteiger partial charge on any atom is -0.464 e. The summed E-state index contributed by atoms with van der Waals surface area (Å²) >= 11 is 0. The lowest BCUT2D eigenvalue weighted by molar-refractivity contribution is -0.112. The summed E-state index contributed by atoms with van der Waals surface area (Å²) in [5, 5.41) is 2.55. The van der Waals surface area contributed by atoms with Crippen LogP contribution in [0, 0.1) is 0 Å². The van der Waals surface area contributed by atoms with Crippen LogP contribution in [-0.4, -0.2) is 5.91 Å². The Labute approximate surface area is 108 Å². The van der Waals surface area contributed by atoms with Crippen LogP contribution in [0.3, 0.4) is 0 Å². The Bertz CT molecular complexity index is 935. The number of hydrogen-bond acceptors (Lipinski definition) is 2. The van der Waals surface area contributed by atoms with E-state index in [2.05, 4.69) is 4.99 Å². The van der Waals surface area contributed by atoms with Gasteiger partial charge in [-0.2, -0.15) is 0 Å². The Balaban J connectivity index is 2.15. The quantitative estimate of drug-likeness (QED) is 0.658. The van der Waals surface area contributed by atoms with E-state index < -0.39 is 0 Å². The first-order chi connectivity index (χ1) is 9.34. The van der Waals surface area contributed by atoms with E-state index in [1.165, 1.54) is 0 Å². The van der Waals surface area contributed by atoms with Crippen LogP contribution in [0.4, 0.5) is 0 Å². The molecule has 0 atom stereocenters. The van der Waals surface area contributed by atoms with E-state index in [-0.39, 0.29) is 5.91 Å². The lowest BCUT2D eigenvalue weighted by atomic mass is 10.0. The van der Waals surface area contributed by atoms with E-state index in [1.54, 1.807) is 6.26 Å². The van der Waals surface area contributed by atoms with Crippen LogP contribution in [0.2, 0.25) is 0 Å². The summed E-state index contributed by atoms with van der Waals surface area (Å²) in [7, 11) is 0. The third-order valence-electron chi connectivity index (χ3n) is 3.36. The van der Waals surface area contributed by atoms with E-state index in [0.29, 0.717) is 5.57 Å². The number of benzene rings is 2. The number of rotatable bonds is 1. The number of para-hydroxylation sites is 2. The number of carbonyl (C=O) groups excluding carboxylic acids is 1. The summed E-state index contributed by atoms with van der Waals surface area (Å²) in [5.41, 5.74) is 2.22. The molecule has 0 aliphatic carbocycles. The van der Waals surface area contributed by atoms with Crippen molar-refractivity contribution in [2.24, 2.45) is 4.99 Å². The summed E-state index contributed by atoms with van der Waals surface area (Å²) in [6.07, 6.45) is 1.63. The number of fused-ring (bicyclic) bond motifs is 2. The molecule has 1 aromatic heterocycles. The van der Waals surface area contributed by atoms with Gasteiger partial charge in [0.15, 0.2) is 0 Å². The second-order valence-electron chi connectivity index (χ2n) is 4.45. The first-order valence-corrected chi connectivity index (χ1v) is 6.03. The fourth-order valence-electron chi connectivity index (χ4n) is 2.49. The second-order valence-corrected chi connectivity index (χ2v) is 4.45. The largest absolute Gasteiger partial charge is 0.464 e. The molecule has 4 rings (SSSR count). The van der Waals surface area contributed by atoms with Gasteiger partial charge in [0.1, 0.15) is 5.58 Å². The molecule has 3 nitrogen and oxygen atoms in total. The van der Waals surface area contributed by atoms with Crippen molar-refractivity contribution in [1.82, 2.24) is 0 Å². The van der Waals surface area contributed by atoms with Crippen molar-refractivity contribution in [2.75, 3.05) is 0 Å². The molecule has 2 heterocycles. The van der Waals surface area contributed by atoms with Gasteiger partial charge in [-0.3, -0.25) is 4.79 Å². The van der Waals surface area contributed by atoms with Crippen LogP contribution in [0.15, 0.2) is 64.2 Å². The van der Waals surface area contributed by atoms with Crippen LogP contribution in [0.1, 0.15) is 5.56 Å². The molecule has 90 valence electrons. The van der Waals surface area contributed by atoms with Gasteiger partial charge >= 0.3 is 0 Å². The van der Waals surface area contributed by atoms with Gasteiger partial charge < -0.3 is 4.42 Å². The van der Waals surface area contributed by atoms with E-state index in [1.807, 2.05) is 48.5 Å². The second kappa shape index (κ2) is 3.65. The summed E-state index contributed by atoms with van der Waals surface area (Å²) < 4.78 is 5.51. The Kier molecular flexibility index (Phi) is 1.97. The lowest BCUT2D eigenvalue weighted by Gasteiger charge is -1.96. The van der Waals surface area contributed by atoms with Crippen molar-refractivity contribution in [3.8, 4) is 0 Å². The maximum atomic E-state index is 12.1. The van der Waals surface area contributed by atoms with E-state index in [4.69, 9.17) is 4.42 Å². The van der Waals surface area contributed by atoms with Crippen molar-refractivity contribution in [3.05, 3.63) is 70.9 Å². The van der Waals surface area contributed by atoms with Crippen LogP contribution in [-0.2, 0) is 4.79 Å². The Morgan fingerprint density at radius 2 is 1.74 bits per heavy atom. The van der Waals surface area contributed by atoms with Gasteiger partial charge in [0.2, 0.25) is 0 Å². The molecule has 2 aromatic carbocycles. The highest BCUT2D eigenvalue weighted by molar-refractivity contribution is 6.23. The average molecular weight is 247 g/mol. The molecule has 0 unspecified atom stereocenters. The van der Waals surface area contributed by atoms with Crippen molar-refractivity contribution < 1.29 is 9.21 Å². The summed E-state index contributed by atoms with van der Waals surface area (Å²) in [4.78, 5) is 16.2. The third kappa shape index (κ3) is 1.38. The van der Waals surface area contributed by atoms with Crippen LogP contribution >= 0.6 is 0 Å². The zero-order chi connectivity index (χ0) is 12.8. The smallest absolute Gasteiger partial charge is 0.278 e. The summed E-state index contributed by atoms with van der Waals surface area (Å²) in [6, 6.07) is 15.3. The lowest BCUT2D eigenvalue weighted by Crippen LogP contribution is -2.22. The highest BCUT2D eigenvalue weighted by Gasteiger charge is 2.21. The first-order valence-electron chi connectivity index (χ1n) is 6.03. The molecule has 0 saturated carbocycles. The zero-order valence-electron chi connectivity index (χ0n) is 9.96. The van der Waals surface area contributed by atoms with Crippen molar-refractivity contribution in [1.29, 1.82) is 0 Å². The molecular formula is C16H9NO2. The minimum atomic E-state index is -0.201. The Morgan fingerprint density at radius 1 is 0.947 bits per heavy atom. The minimum absolute atomic E-state index is 0.201. The number of amides is 1. The highest BCUT2D eigenvalue weighted by Crippen LogP contribution is 2.26. The molecule has 0 spiro atoms. The van der Waals surface area contributed by atoms with Crippen LogP contribution in [0.25, 0.3) is 16.5 Å². The molecule has 3 heteroatoms. The third-order valence-corrected chi connectivity index (χ3v) is 3.36. The van der Waals surface area contributed by atoms with E-state index in [9.17, 15) is 4.79 Å². The van der Waals surface area contributed by atoms with Crippen molar-refractivity contribution >= 4 is 22.4 Å². The van der Waals surface area contributed by atoms with Gasteiger partial charge in [-0.1, -0.05) is 36.4 Å². The summed E-state index contributed by atoms with van der Waals surface area (Å²) in [6.45, 7) is 0. The normalized spacial score (nSPS) is 13.7. The van der Waals surface area contributed by atoms with E-state index in [0.717, 1.165) is 27.1 Å². The highest BCUT2D eigenvalue weighted by atomic mass is 16.3. The van der Waals surface area contributed by atoms with Gasteiger partial charge in [-0.05, 0) is 12.1 Å². The van der Waals surface area contributed by atoms with Crippen LogP contribution < -0.4 is 10.6 Å². The number of hydrogen-bond donors (Lipinski definition) is 0. The molecule has 19 heavy (non-hydrogen) atoms. The number of furan rings is 1. The van der Waals surface area contributed by atoms with Crippen LogP contribution in [0.5, 0.6) is 0 Å². The van der Waals surface area contributed by atoms with Crippen molar-refractivity contribution in [3.63, 3.8) is 0 Å². The Morgan fingerprint density at radius 3 is 2.68 bits per heavy atom. The SMILES string of the molecule is O=C1N=c2ccccc2=C1c1coc2ccccc12. The topological polar surface area (TPSA) is 42.6 Å². The monoisotopic (exact) mass is 247 g/mol. The van der Waals surface area contributed by atoms with Gasteiger partial charge in [0.25, 0.3) is 5.91 Å². The number of nitrogens with zero attached hydrogens (tertiary/aromatic N) is 1. The zero-order valence-corrected chi connectivity index (χ0v) is 9.96. The molecule has 0 saturated heterocycles. The first kappa shape index (κ1) is 10.3. The number of carbonyl (C=O) groups is 1. The van der Waals surface area contributed by atoms with Gasteiger partial charge in [-0.15, -0.1) is 0 Å². The molecule has 3 aromatic rings. The van der Waals surface area contributed by atoms with Gasteiger partial charge in [0, 0.05) is 16.2 Å². The molecule has 0 bridgehead atoms. The van der Waals surface area contributed by atoms with Gasteiger partial charge in [-0.25, -0.2) is 4.99 Å². The molecule has 0 radical (unpaired) electrons. The predicted molar refractivity (Wildman–Crippen MR) is 71.0 cm³/mol. The molecule has 1 amide bonds. The molecule has 1 aliphatic rings. The summed E-state index contributed by atoms with van der Waals surface area (Å²) in [5.74, 6) is -0.201. The standard InChI is InChI=1S/C16H9NO2/c18-16-15(11-6-1-3-7-13(11)17-16)12-9-19-14-8-4-2-5-10(12)14/h1-9H. The average Bonchev–Trinajstić information content (AvgIpc) is 2.98. The molecule has 1 aliphatic heterocycles. The molecule has 0 fully saturated rings. The maximum absolute atomic E-state index is 12.1. The van der Waals surface area contributed by atoms with E-state index >= 15 is 0 Å². The maximum Gasteiger partial charge on any atom is 0.278 e. The molecule has 0 N–H and O–H groups in total. The fraction of sp³-hybridized carbons (Fsp3) is 0. The predicted octanol–water partition coefficient (Wildman–Crippen LogP) is 1.79. The van der Waals surface area contributed by atoms with Crippen molar-refractivity contribution in [2.45, 2.75) is 0 Å². The molecular weight excluding hydrogens is 238 g/mol. The Hall–Kier alpha value is -2.68.